The molecule has 0 aliphatic heterocycles. The summed E-state index contributed by atoms with van der Waals surface area (Å²) in [4.78, 5) is 10.0. The fourth-order valence-corrected chi connectivity index (χ4v) is 18.7. The van der Waals surface area contributed by atoms with Crippen molar-refractivity contribution in [3.63, 3.8) is 0 Å². The Hall–Kier alpha value is -1.79. The predicted molar refractivity (Wildman–Crippen MR) is 177 cm³/mol. The monoisotopic (exact) mass is 548 g/mol. The Morgan fingerprint density at radius 3 is 1.00 bits per heavy atom. The topological polar surface area (TPSA) is 25.8 Å². The Bertz CT molecular complexity index is 990. The van der Waals surface area contributed by atoms with E-state index in [2.05, 4.69) is 133 Å². The van der Waals surface area contributed by atoms with Gasteiger partial charge in [0.15, 0.2) is 0 Å². The fraction of sp³-hybridized carbons (Fsp3) is 0.588. The molecular formula is C34H56N2Si2. The Morgan fingerprint density at radius 2 is 0.763 bits per heavy atom. The van der Waals surface area contributed by atoms with Gasteiger partial charge in [-0.3, -0.25) is 9.97 Å². The number of aromatic nitrogens is 2. The minimum absolute atomic E-state index is 0.678. The molecule has 2 aromatic heterocycles. The molecule has 0 aromatic carbocycles. The Morgan fingerprint density at radius 1 is 0.500 bits per heavy atom. The summed E-state index contributed by atoms with van der Waals surface area (Å²) in [7, 11) is -3.38. The van der Waals surface area contributed by atoms with Crippen LogP contribution in [0.2, 0.25) is 33.2 Å². The van der Waals surface area contributed by atoms with E-state index in [0.717, 1.165) is 11.4 Å². The molecule has 2 rings (SSSR count). The summed E-state index contributed by atoms with van der Waals surface area (Å²) in [5.41, 5.74) is 16.1. The molecule has 0 saturated carbocycles. The summed E-state index contributed by atoms with van der Waals surface area (Å²) >= 11 is 0. The summed E-state index contributed by atoms with van der Waals surface area (Å²) in [6.07, 6.45) is 8.78. The van der Waals surface area contributed by atoms with Crippen LogP contribution < -0.4 is 0 Å². The van der Waals surface area contributed by atoms with E-state index >= 15 is 0 Å². The lowest BCUT2D eigenvalue weighted by Gasteiger charge is -2.40. The van der Waals surface area contributed by atoms with E-state index in [1.165, 1.54) is 22.3 Å². The molecule has 2 heterocycles. The van der Waals surface area contributed by atoms with E-state index in [-0.39, 0.29) is 0 Å². The second-order valence-electron chi connectivity index (χ2n) is 13.5. The van der Waals surface area contributed by atoms with Gasteiger partial charge in [-0.2, -0.15) is 0 Å². The third-order valence-corrected chi connectivity index (χ3v) is 22.9. The molecule has 0 spiro atoms. The molecule has 38 heavy (non-hydrogen) atoms. The van der Waals surface area contributed by atoms with Gasteiger partial charge in [0.05, 0.1) is 27.5 Å². The zero-order valence-electron chi connectivity index (χ0n) is 27.0. The van der Waals surface area contributed by atoms with Crippen molar-refractivity contribution in [3.05, 3.63) is 58.2 Å². The third kappa shape index (κ3) is 6.50. The number of hydrogen-bond acceptors (Lipinski definition) is 2. The van der Waals surface area contributed by atoms with Crippen molar-refractivity contribution in [1.82, 2.24) is 9.97 Å². The number of rotatable bonds is 11. The van der Waals surface area contributed by atoms with Gasteiger partial charge in [0.1, 0.15) is 0 Å². The number of nitrogens with zero attached hydrogens (tertiary/aromatic N) is 2. The Kier molecular flexibility index (Phi) is 11.1. The Balaban J connectivity index is 2.77. The predicted octanol–water partition coefficient (Wildman–Crippen LogP) is 11.2. The quantitative estimate of drug-likeness (QED) is 0.261. The molecule has 0 fully saturated rings. The highest BCUT2D eigenvalue weighted by atomic mass is 28.3. The molecule has 2 nitrogen and oxygen atoms in total. The van der Waals surface area contributed by atoms with Gasteiger partial charge in [-0.05, 0) is 70.4 Å². The van der Waals surface area contributed by atoms with Gasteiger partial charge in [-0.25, -0.2) is 0 Å². The molecule has 0 unspecified atom stereocenters. The summed E-state index contributed by atoms with van der Waals surface area (Å²) in [5, 5.41) is 0. The van der Waals surface area contributed by atoms with Crippen molar-refractivity contribution in [2.24, 2.45) is 0 Å². The molecule has 210 valence electrons. The number of pyridine rings is 2. The summed E-state index contributed by atoms with van der Waals surface area (Å²) in [5.74, 6) is 0. The van der Waals surface area contributed by atoms with Crippen LogP contribution in [0.3, 0.4) is 0 Å². The lowest BCUT2D eigenvalue weighted by Crippen LogP contribution is -2.42. The number of aryl methyl sites for hydroxylation is 2. The van der Waals surface area contributed by atoms with Gasteiger partial charge in [0.25, 0.3) is 0 Å². The van der Waals surface area contributed by atoms with Crippen molar-refractivity contribution in [2.45, 2.75) is 130 Å². The lowest BCUT2D eigenvalue weighted by atomic mass is 10.0. The van der Waals surface area contributed by atoms with Crippen LogP contribution in [0.4, 0.5) is 0 Å². The largest absolute Gasteiger partial charge is 0.254 e. The summed E-state index contributed by atoms with van der Waals surface area (Å²) in [6, 6.07) is 4.59. The van der Waals surface area contributed by atoms with Gasteiger partial charge in [0, 0.05) is 23.5 Å². The minimum atomic E-state index is -1.69. The average Bonchev–Trinajstić information content (AvgIpc) is 2.79. The highest BCUT2D eigenvalue weighted by molar-refractivity contribution is 6.89. The third-order valence-electron chi connectivity index (χ3n) is 9.44. The van der Waals surface area contributed by atoms with Gasteiger partial charge < -0.3 is 0 Å². The van der Waals surface area contributed by atoms with Crippen molar-refractivity contribution < 1.29 is 0 Å². The van der Waals surface area contributed by atoms with Crippen LogP contribution in [0.15, 0.2) is 35.9 Å². The van der Waals surface area contributed by atoms with E-state index in [4.69, 9.17) is 9.97 Å². The van der Waals surface area contributed by atoms with Crippen LogP contribution in [0.1, 0.15) is 105 Å². The average molecular weight is 549 g/mol. The second-order valence-corrected chi connectivity index (χ2v) is 25.1. The van der Waals surface area contributed by atoms with Crippen LogP contribution in [-0.2, 0) is 0 Å². The molecule has 0 radical (unpaired) electrons. The van der Waals surface area contributed by atoms with E-state index in [0.29, 0.717) is 33.2 Å². The van der Waals surface area contributed by atoms with Crippen LogP contribution in [-0.4, -0.2) is 26.1 Å². The highest BCUT2D eigenvalue weighted by Crippen LogP contribution is 2.44. The van der Waals surface area contributed by atoms with Gasteiger partial charge >= 0.3 is 0 Å². The maximum absolute atomic E-state index is 5.00. The molecule has 0 saturated heterocycles. The molecule has 0 aliphatic rings. The van der Waals surface area contributed by atoms with Crippen molar-refractivity contribution in [3.8, 4) is 11.4 Å². The van der Waals surface area contributed by atoms with Crippen LogP contribution >= 0.6 is 0 Å². The van der Waals surface area contributed by atoms with Crippen LogP contribution in [0, 0.1) is 13.8 Å². The van der Waals surface area contributed by atoms with Crippen molar-refractivity contribution in [2.75, 3.05) is 0 Å². The van der Waals surface area contributed by atoms with Gasteiger partial charge in [0.2, 0.25) is 0 Å². The highest BCUT2D eigenvalue weighted by Gasteiger charge is 2.41. The molecule has 0 bridgehead atoms. The maximum Gasteiger partial charge on any atom is 0.0964 e. The first-order chi connectivity index (χ1) is 17.6. The second kappa shape index (κ2) is 13.0. The van der Waals surface area contributed by atoms with Crippen LogP contribution in [0.5, 0.6) is 0 Å². The van der Waals surface area contributed by atoms with E-state index in [1.54, 1.807) is 0 Å². The van der Waals surface area contributed by atoms with Crippen molar-refractivity contribution >= 4 is 28.3 Å². The Labute approximate surface area is 237 Å². The first-order valence-corrected chi connectivity index (χ1v) is 19.5. The SMILES string of the molecule is Cc1cnc(-c2ncc(C)cc2/C=C/[Si](C(C)C)(C(C)C)C(C)C)c(/C=C/[Si](C(C)C)(C(C)C)C(C)C)c1. The minimum Gasteiger partial charge on any atom is -0.254 e. The molecular weight excluding hydrogens is 493 g/mol. The summed E-state index contributed by atoms with van der Waals surface area (Å²) in [6.45, 7) is 33.3. The summed E-state index contributed by atoms with van der Waals surface area (Å²) < 4.78 is 0. The first-order valence-electron chi connectivity index (χ1n) is 14.9. The van der Waals surface area contributed by atoms with Gasteiger partial charge in [-0.15, -0.1) is 0 Å². The smallest absolute Gasteiger partial charge is 0.0964 e. The lowest BCUT2D eigenvalue weighted by molar-refractivity contribution is 0.834. The molecule has 0 amide bonds. The standard InChI is InChI=1S/C34H56N2Si2/c1-23(2)37(24(3)4,25(5)6)17-15-31-19-29(13)21-35-33(31)34-32(20-30(14)22-36-34)16-18-38(26(7)8,27(9)10)28(11)12/h15-28H,1-14H3/b17-15+,18-16+. The molecule has 0 aliphatic carbocycles. The van der Waals surface area contributed by atoms with Crippen molar-refractivity contribution in [1.29, 1.82) is 0 Å². The van der Waals surface area contributed by atoms with E-state index in [1.807, 2.05) is 12.4 Å². The number of hydrogen-bond donors (Lipinski definition) is 0. The molecule has 4 heteroatoms. The van der Waals surface area contributed by atoms with E-state index in [9.17, 15) is 0 Å². The zero-order valence-corrected chi connectivity index (χ0v) is 29.0. The molecule has 0 atom stereocenters. The van der Waals surface area contributed by atoms with E-state index < -0.39 is 16.1 Å². The zero-order chi connectivity index (χ0) is 29.0. The first kappa shape index (κ1) is 32.4. The maximum atomic E-state index is 5.00. The van der Waals surface area contributed by atoms with Gasteiger partial charge in [-0.1, -0.05) is 107 Å². The molecule has 0 N–H and O–H groups in total. The fourth-order valence-electron chi connectivity index (χ4n) is 7.46. The molecule has 2 aromatic rings. The van der Waals surface area contributed by atoms with Crippen LogP contribution in [0.25, 0.3) is 23.5 Å². The normalized spacial score (nSPS) is 13.7.